The van der Waals surface area contributed by atoms with E-state index in [-0.39, 0.29) is 22.8 Å². The van der Waals surface area contributed by atoms with Crippen LogP contribution in [0.5, 0.6) is 0 Å². The van der Waals surface area contributed by atoms with Crippen molar-refractivity contribution in [2.75, 3.05) is 0 Å². The molecule has 0 N–H and O–H groups in total. The first-order valence-electron chi connectivity index (χ1n) is 6.48. The average molecular weight is 364 g/mol. The van der Waals surface area contributed by atoms with E-state index in [9.17, 15) is 26.3 Å². The van der Waals surface area contributed by atoms with Crippen molar-refractivity contribution in [3.63, 3.8) is 0 Å². The zero-order valence-electron chi connectivity index (χ0n) is 12.1. The molecule has 0 unspecified atom stereocenters. The summed E-state index contributed by atoms with van der Waals surface area (Å²) >= 11 is 0. The summed E-state index contributed by atoms with van der Waals surface area (Å²) in [5, 5.41) is 6.45. The van der Waals surface area contributed by atoms with Gasteiger partial charge in [-0.1, -0.05) is 10.3 Å². The molecule has 6 nitrogen and oxygen atoms in total. The topological polar surface area (TPSA) is 77.8 Å². The zero-order valence-corrected chi connectivity index (χ0v) is 12.1. The molecule has 0 aliphatic rings. The second-order valence-corrected chi connectivity index (χ2v) is 4.93. The second-order valence-electron chi connectivity index (χ2n) is 4.93. The number of aryl methyl sites for hydroxylation is 1. The van der Waals surface area contributed by atoms with Crippen molar-refractivity contribution in [1.29, 1.82) is 0 Å². The third kappa shape index (κ3) is 3.46. The smallest absolute Gasteiger partial charge is 0.329 e. The van der Waals surface area contributed by atoms with Gasteiger partial charge in [0.25, 0.3) is 0 Å². The Morgan fingerprint density at radius 2 is 1.12 bits per heavy atom. The van der Waals surface area contributed by atoms with Crippen LogP contribution in [0.4, 0.5) is 26.3 Å². The van der Waals surface area contributed by atoms with Gasteiger partial charge in [-0.3, -0.25) is 0 Å². The van der Waals surface area contributed by atoms with E-state index in [1.54, 1.807) is 6.92 Å². The van der Waals surface area contributed by atoms with Crippen molar-refractivity contribution < 1.29 is 35.4 Å². The molecule has 2 aromatic heterocycles. The highest BCUT2D eigenvalue weighted by molar-refractivity contribution is 5.67. The Balaban J connectivity index is 2.01. The molecule has 1 aromatic carbocycles. The van der Waals surface area contributed by atoms with Gasteiger partial charge >= 0.3 is 24.1 Å². The number of nitrogens with zero attached hydrogens (tertiary/aromatic N) is 4. The first-order chi connectivity index (χ1) is 11.5. The Morgan fingerprint density at radius 1 is 0.720 bits per heavy atom. The molecule has 0 saturated heterocycles. The summed E-state index contributed by atoms with van der Waals surface area (Å²) < 4.78 is 83.4. The lowest BCUT2D eigenvalue weighted by molar-refractivity contribution is -0.160. The maximum absolute atomic E-state index is 12.5. The molecule has 25 heavy (non-hydrogen) atoms. The summed E-state index contributed by atoms with van der Waals surface area (Å²) in [5.74, 6) is -3.83. The number of hydrogen-bond donors (Lipinski definition) is 0. The molecular weight excluding hydrogens is 358 g/mol. The van der Waals surface area contributed by atoms with E-state index in [1.807, 2.05) is 0 Å². The molecule has 0 radical (unpaired) electrons. The maximum atomic E-state index is 12.5. The van der Waals surface area contributed by atoms with Crippen LogP contribution in [0.25, 0.3) is 22.8 Å². The van der Waals surface area contributed by atoms with Crippen LogP contribution in [0.15, 0.2) is 27.2 Å². The van der Waals surface area contributed by atoms with Crippen LogP contribution in [-0.4, -0.2) is 20.3 Å². The summed E-state index contributed by atoms with van der Waals surface area (Å²) in [7, 11) is 0. The minimum Gasteiger partial charge on any atom is -0.329 e. The normalized spacial score (nSPS) is 12.6. The Kier molecular flexibility index (Phi) is 3.77. The van der Waals surface area contributed by atoms with Gasteiger partial charge in [0.05, 0.1) is 0 Å². The zero-order chi connectivity index (χ0) is 18.4. The molecule has 3 rings (SSSR count). The van der Waals surface area contributed by atoms with Crippen molar-refractivity contribution in [1.82, 2.24) is 20.3 Å². The van der Waals surface area contributed by atoms with Gasteiger partial charge in [0.2, 0.25) is 11.6 Å². The van der Waals surface area contributed by atoms with E-state index in [1.165, 1.54) is 18.2 Å². The van der Waals surface area contributed by atoms with Gasteiger partial charge in [-0.2, -0.15) is 36.3 Å². The van der Waals surface area contributed by atoms with Crippen molar-refractivity contribution in [2.45, 2.75) is 19.3 Å². The van der Waals surface area contributed by atoms with E-state index in [0.717, 1.165) is 0 Å². The van der Waals surface area contributed by atoms with Gasteiger partial charge in [-0.15, -0.1) is 0 Å². The molecule has 0 saturated carbocycles. The van der Waals surface area contributed by atoms with E-state index >= 15 is 0 Å². The molecule has 0 aliphatic heterocycles. The molecule has 0 spiro atoms. The van der Waals surface area contributed by atoms with E-state index in [4.69, 9.17) is 0 Å². The number of halogens is 6. The fourth-order valence-electron chi connectivity index (χ4n) is 1.95. The van der Waals surface area contributed by atoms with Crippen LogP contribution in [0.1, 0.15) is 17.3 Å². The van der Waals surface area contributed by atoms with Gasteiger partial charge in [-0.25, -0.2) is 0 Å². The van der Waals surface area contributed by atoms with Gasteiger partial charge < -0.3 is 9.05 Å². The maximum Gasteiger partial charge on any atom is 0.471 e. The summed E-state index contributed by atoms with van der Waals surface area (Å²) in [5.41, 5.74) is 0.685. The summed E-state index contributed by atoms with van der Waals surface area (Å²) in [6, 6.07) is 4.08. The molecular formula is C13H6F6N4O2. The minimum absolute atomic E-state index is 0.0904. The van der Waals surface area contributed by atoms with Crippen LogP contribution in [0.3, 0.4) is 0 Å². The van der Waals surface area contributed by atoms with Crippen molar-refractivity contribution in [3.05, 3.63) is 35.5 Å². The molecule has 0 bridgehead atoms. The lowest BCUT2D eigenvalue weighted by atomic mass is 10.1. The number of benzene rings is 1. The van der Waals surface area contributed by atoms with Gasteiger partial charge in [0, 0.05) is 11.1 Å². The molecule has 0 aliphatic carbocycles. The van der Waals surface area contributed by atoms with E-state index < -0.39 is 24.1 Å². The fraction of sp³-hybridized carbons (Fsp3) is 0.231. The highest BCUT2D eigenvalue weighted by Crippen LogP contribution is 2.32. The number of hydrogen-bond acceptors (Lipinski definition) is 6. The van der Waals surface area contributed by atoms with Gasteiger partial charge in [-0.05, 0) is 30.7 Å². The van der Waals surface area contributed by atoms with E-state index in [2.05, 4.69) is 29.3 Å². The van der Waals surface area contributed by atoms with Crippen LogP contribution in [0.2, 0.25) is 0 Å². The van der Waals surface area contributed by atoms with Crippen molar-refractivity contribution >= 4 is 0 Å². The standard InChI is InChI=1S/C13H6F6N4O2/c1-5-2-6(8-20-10(24-22-8)12(14,15)16)4-7(3-5)9-21-11(25-23-9)13(17,18)19/h2-4H,1H3. The minimum atomic E-state index is -4.81. The summed E-state index contributed by atoms with van der Waals surface area (Å²) in [6.07, 6.45) is -9.62. The van der Waals surface area contributed by atoms with E-state index in [0.29, 0.717) is 5.56 Å². The summed E-state index contributed by atoms with van der Waals surface area (Å²) in [4.78, 5) is 6.45. The number of rotatable bonds is 2. The van der Waals surface area contributed by atoms with Gasteiger partial charge in [0.1, 0.15) is 0 Å². The highest BCUT2D eigenvalue weighted by atomic mass is 19.4. The Labute approximate surface area is 134 Å². The lowest BCUT2D eigenvalue weighted by Crippen LogP contribution is -2.05. The molecule has 12 heteroatoms. The first-order valence-corrected chi connectivity index (χ1v) is 6.48. The molecule has 132 valence electrons. The Morgan fingerprint density at radius 3 is 1.44 bits per heavy atom. The lowest BCUT2D eigenvalue weighted by Gasteiger charge is -2.02. The second kappa shape index (κ2) is 5.57. The first kappa shape index (κ1) is 16.9. The third-order valence-corrected chi connectivity index (χ3v) is 2.93. The van der Waals surface area contributed by atoms with Crippen molar-refractivity contribution in [3.8, 4) is 22.8 Å². The Hall–Kier alpha value is -2.92. The number of alkyl halides is 6. The SMILES string of the molecule is Cc1cc(-c2noc(C(F)(F)F)n2)cc(-c2noc(C(F)(F)F)n2)c1. The fourth-order valence-corrected chi connectivity index (χ4v) is 1.95. The third-order valence-electron chi connectivity index (χ3n) is 2.93. The van der Waals surface area contributed by atoms with Crippen molar-refractivity contribution in [2.24, 2.45) is 0 Å². The molecule has 0 atom stereocenters. The van der Waals surface area contributed by atoms with Crippen LogP contribution in [-0.2, 0) is 12.4 Å². The molecule has 0 fully saturated rings. The molecule has 3 aromatic rings. The molecule has 2 heterocycles. The molecule has 0 amide bonds. The number of aromatic nitrogens is 4. The monoisotopic (exact) mass is 364 g/mol. The predicted molar refractivity (Wildman–Crippen MR) is 67.8 cm³/mol. The highest BCUT2D eigenvalue weighted by Gasteiger charge is 2.39. The largest absolute Gasteiger partial charge is 0.471 e. The summed E-state index contributed by atoms with van der Waals surface area (Å²) in [6.45, 7) is 1.57. The predicted octanol–water partition coefficient (Wildman–Crippen LogP) is 4.13. The Bertz CT molecular complexity index is 841. The van der Waals surface area contributed by atoms with Crippen LogP contribution >= 0.6 is 0 Å². The van der Waals surface area contributed by atoms with Gasteiger partial charge in [0.15, 0.2) is 0 Å². The quantitative estimate of drug-likeness (QED) is 0.636. The van der Waals surface area contributed by atoms with Crippen LogP contribution in [0, 0.1) is 6.92 Å². The van der Waals surface area contributed by atoms with Crippen LogP contribution < -0.4 is 0 Å². The average Bonchev–Trinajstić information content (AvgIpc) is 3.15.